The molecule has 7 nitrogen and oxygen atoms in total. The van der Waals surface area contributed by atoms with Crippen LogP contribution in [-0.2, 0) is 9.53 Å². The third-order valence-corrected chi connectivity index (χ3v) is 5.65. The number of rotatable bonds is 6. The van der Waals surface area contributed by atoms with Gasteiger partial charge >= 0.3 is 6.03 Å². The van der Waals surface area contributed by atoms with Crippen molar-refractivity contribution >= 4 is 11.9 Å². The van der Waals surface area contributed by atoms with Gasteiger partial charge in [-0.3, -0.25) is 9.69 Å². The Morgan fingerprint density at radius 3 is 2.22 bits per heavy atom. The zero-order chi connectivity index (χ0) is 20.0. The highest BCUT2D eigenvalue weighted by Gasteiger charge is 2.34. The maximum Gasteiger partial charge on any atom is 0.317 e. The van der Waals surface area contributed by atoms with Gasteiger partial charge in [-0.1, -0.05) is 6.92 Å². The first kappa shape index (κ1) is 22.0. The Labute approximate surface area is 164 Å². The van der Waals surface area contributed by atoms with Gasteiger partial charge in [0.25, 0.3) is 0 Å². The molecule has 2 aliphatic heterocycles. The average Bonchev–Trinajstić information content (AvgIpc) is 2.63. The van der Waals surface area contributed by atoms with Crippen LogP contribution >= 0.6 is 0 Å². The van der Waals surface area contributed by atoms with E-state index in [4.69, 9.17) is 4.74 Å². The number of likely N-dealkylation sites (tertiary alicyclic amines) is 1. The lowest BCUT2D eigenvalue weighted by molar-refractivity contribution is -0.126. The van der Waals surface area contributed by atoms with Crippen molar-refractivity contribution in [3.63, 3.8) is 0 Å². The number of nitrogens with zero attached hydrogens (tertiary/aromatic N) is 2. The van der Waals surface area contributed by atoms with Crippen LogP contribution in [0.15, 0.2) is 0 Å². The summed E-state index contributed by atoms with van der Waals surface area (Å²) in [4.78, 5) is 28.9. The Balaban J connectivity index is 1.76. The Morgan fingerprint density at radius 1 is 1.07 bits per heavy atom. The fourth-order valence-corrected chi connectivity index (χ4v) is 3.92. The van der Waals surface area contributed by atoms with Gasteiger partial charge in [-0.05, 0) is 47.0 Å². The van der Waals surface area contributed by atoms with Crippen LogP contribution in [-0.4, -0.2) is 78.8 Å². The lowest BCUT2D eigenvalue weighted by Gasteiger charge is -2.45. The van der Waals surface area contributed by atoms with E-state index in [2.05, 4.69) is 43.2 Å². The van der Waals surface area contributed by atoms with Gasteiger partial charge in [0.05, 0.1) is 12.2 Å². The molecule has 2 atom stereocenters. The van der Waals surface area contributed by atoms with Crippen LogP contribution in [0.3, 0.4) is 0 Å². The number of piperidine rings is 1. The highest BCUT2D eigenvalue weighted by atomic mass is 16.5. The summed E-state index contributed by atoms with van der Waals surface area (Å²) < 4.78 is 5.82. The fourth-order valence-electron chi connectivity index (χ4n) is 3.92. The van der Waals surface area contributed by atoms with Gasteiger partial charge in [0.15, 0.2) is 0 Å². The van der Waals surface area contributed by atoms with Crippen molar-refractivity contribution in [1.29, 1.82) is 0 Å². The Kier molecular flexibility index (Phi) is 7.91. The summed E-state index contributed by atoms with van der Waals surface area (Å²) in [6.45, 7) is 14.9. The molecule has 7 heteroatoms. The van der Waals surface area contributed by atoms with Crippen molar-refractivity contribution < 1.29 is 14.3 Å². The van der Waals surface area contributed by atoms with E-state index in [9.17, 15) is 9.59 Å². The minimum absolute atomic E-state index is 0.0233. The summed E-state index contributed by atoms with van der Waals surface area (Å²) in [5, 5.41) is 6.06. The van der Waals surface area contributed by atoms with Gasteiger partial charge in [0, 0.05) is 50.7 Å². The van der Waals surface area contributed by atoms with Gasteiger partial charge in [-0.15, -0.1) is 0 Å². The van der Waals surface area contributed by atoms with Crippen molar-refractivity contribution in [3.05, 3.63) is 0 Å². The first-order valence-electron chi connectivity index (χ1n) is 10.4. The van der Waals surface area contributed by atoms with E-state index in [-0.39, 0.29) is 35.6 Å². The molecule has 156 valence electrons. The Morgan fingerprint density at radius 2 is 1.67 bits per heavy atom. The largest absolute Gasteiger partial charge is 0.373 e. The second-order valence-corrected chi connectivity index (χ2v) is 8.69. The number of carbonyl (C=O) groups is 2. The van der Waals surface area contributed by atoms with Crippen LogP contribution in [0.1, 0.15) is 53.9 Å². The van der Waals surface area contributed by atoms with Crippen molar-refractivity contribution in [1.82, 2.24) is 20.4 Å². The van der Waals surface area contributed by atoms with Crippen molar-refractivity contribution in [2.24, 2.45) is 5.92 Å². The van der Waals surface area contributed by atoms with E-state index in [1.807, 2.05) is 11.8 Å². The smallest absolute Gasteiger partial charge is 0.317 e. The van der Waals surface area contributed by atoms with Crippen LogP contribution in [0, 0.1) is 5.92 Å². The molecule has 0 saturated carbocycles. The van der Waals surface area contributed by atoms with E-state index >= 15 is 0 Å². The Bertz CT molecular complexity index is 493. The number of amides is 3. The minimum Gasteiger partial charge on any atom is -0.373 e. The molecule has 2 unspecified atom stereocenters. The predicted octanol–water partition coefficient (Wildman–Crippen LogP) is 1.82. The standard InChI is InChI=1S/C20H38N4O3/c1-6-9-21-18(25)17-7-10-23(11-8-17)19(26)22-14-20(4,5)24-12-15(2)27-16(3)13-24/h15-17H,6-14H2,1-5H3,(H,21,25)(H,22,26). The number of nitrogens with one attached hydrogen (secondary N) is 2. The quantitative estimate of drug-likeness (QED) is 0.735. The topological polar surface area (TPSA) is 73.9 Å². The van der Waals surface area contributed by atoms with Crippen LogP contribution < -0.4 is 10.6 Å². The fraction of sp³-hybridized carbons (Fsp3) is 0.900. The van der Waals surface area contributed by atoms with Crippen LogP contribution in [0.2, 0.25) is 0 Å². The van der Waals surface area contributed by atoms with Crippen LogP contribution in [0.25, 0.3) is 0 Å². The molecule has 0 aromatic carbocycles. The number of ether oxygens (including phenoxy) is 1. The summed E-state index contributed by atoms with van der Waals surface area (Å²) in [6, 6.07) is -0.0233. The Hall–Kier alpha value is -1.34. The third kappa shape index (κ3) is 6.35. The van der Waals surface area contributed by atoms with E-state index in [1.165, 1.54) is 0 Å². The van der Waals surface area contributed by atoms with Gasteiger partial charge in [-0.2, -0.15) is 0 Å². The van der Waals surface area contributed by atoms with Crippen molar-refractivity contribution in [2.45, 2.75) is 71.6 Å². The van der Waals surface area contributed by atoms with Gasteiger partial charge in [-0.25, -0.2) is 4.79 Å². The highest BCUT2D eigenvalue weighted by Crippen LogP contribution is 2.21. The summed E-state index contributed by atoms with van der Waals surface area (Å²) >= 11 is 0. The number of hydrogen-bond acceptors (Lipinski definition) is 4. The molecule has 2 saturated heterocycles. The summed E-state index contributed by atoms with van der Waals surface area (Å²) in [6.07, 6.45) is 2.85. The molecule has 3 amide bonds. The maximum atomic E-state index is 12.6. The molecular weight excluding hydrogens is 344 g/mol. The minimum atomic E-state index is -0.125. The normalized spacial score (nSPS) is 25.3. The summed E-state index contributed by atoms with van der Waals surface area (Å²) in [5.74, 6) is 0.168. The summed E-state index contributed by atoms with van der Waals surface area (Å²) in [5.41, 5.74) is -0.125. The second-order valence-electron chi connectivity index (χ2n) is 8.69. The molecule has 2 aliphatic rings. The molecule has 2 rings (SSSR count). The van der Waals surface area contributed by atoms with Gasteiger partial charge in [0.2, 0.25) is 5.91 Å². The van der Waals surface area contributed by atoms with Crippen molar-refractivity contribution in [2.75, 3.05) is 39.3 Å². The first-order valence-corrected chi connectivity index (χ1v) is 10.4. The second kappa shape index (κ2) is 9.73. The SMILES string of the molecule is CCCNC(=O)C1CCN(C(=O)NCC(C)(C)N2CC(C)OC(C)C2)CC1. The van der Waals surface area contributed by atoms with Gasteiger partial charge in [0.1, 0.15) is 0 Å². The average molecular weight is 383 g/mol. The molecule has 0 radical (unpaired) electrons. The van der Waals surface area contributed by atoms with Crippen LogP contribution in [0.5, 0.6) is 0 Å². The third-order valence-electron chi connectivity index (χ3n) is 5.65. The molecule has 2 heterocycles. The van der Waals surface area contributed by atoms with E-state index in [1.54, 1.807) is 0 Å². The molecule has 0 aromatic rings. The maximum absolute atomic E-state index is 12.6. The molecule has 2 N–H and O–H groups in total. The highest BCUT2D eigenvalue weighted by molar-refractivity contribution is 5.79. The molecule has 0 aliphatic carbocycles. The van der Waals surface area contributed by atoms with Gasteiger partial charge < -0.3 is 20.3 Å². The zero-order valence-corrected chi connectivity index (χ0v) is 17.7. The molecule has 0 spiro atoms. The molecule has 0 aromatic heterocycles. The van der Waals surface area contributed by atoms with Crippen LogP contribution in [0.4, 0.5) is 4.79 Å². The van der Waals surface area contributed by atoms with E-state index < -0.39 is 0 Å². The summed E-state index contributed by atoms with van der Waals surface area (Å²) in [7, 11) is 0. The molecule has 2 fully saturated rings. The number of hydrogen-bond donors (Lipinski definition) is 2. The van der Waals surface area contributed by atoms with Crippen molar-refractivity contribution in [3.8, 4) is 0 Å². The first-order chi connectivity index (χ1) is 12.7. The predicted molar refractivity (Wildman–Crippen MR) is 107 cm³/mol. The zero-order valence-electron chi connectivity index (χ0n) is 17.7. The number of carbonyl (C=O) groups excluding carboxylic acids is 2. The van der Waals surface area contributed by atoms with E-state index in [0.717, 1.165) is 38.9 Å². The lowest BCUT2D eigenvalue weighted by Crippen LogP contribution is -2.59. The van der Waals surface area contributed by atoms with E-state index in [0.29, 0.717) is 19.6 Å². The molecular formula is C20H38N4O3. The number of urea groups is 1. The molecule has 0 bridgehead atoms. The molecule has 27 heavy (non-hydrogen) atoms. The monoisotopic (exact) mass is 382 g/mol. The lowest BCUT2D eigenvalue weighted by atomic mass is 9.96. The number of morpholine rings is 1.